The Morgan fingerprint density at radius 2 is 2.17 bits per heavy atom. The molecule has 0 amide bonds. The van der Waals surface area contributed by atoms with Crippen LogP contribution in [0.1, 0.15) is 17.9 Å². The third kappa shape index (κ3) is 2.70. The first-order valence-corrected chi connectivity index (χ1v) is 7.85. The van der Waals surface area contributed by atoms with Crippen LogP contribution in [0.25, 0.3) is 0 Å². The van der Waals surface area contributed by atoms with Crippen LogP contribution in [0, 0.1) is 10.1 Å². The number of aliphatic hydroxyl groups excluding tert-OH is 1. The first-order valence-electron chi connectivity index (χ1n) is 5.55. The molecule has 0 unspecified atom stereocenters. The van der Waals surface area contributed by atoms with Gasteiger partial charge in [-0.3, -0.25) is 14.3 Å². The van der Waals surface area contributed by atoms with Gasteiger partial charge in [0.05, 0.1) is 11.0 Å². The number of hydrogen-bond donors (Lipinski definition) is 1. The number of nitrogens with zero attached hydrogens (tertiary/aromatic N) is 2. The zero-order valence-electron chi connectivity index (χ0n) is 9.87. The largest absolute Gasteiger partial charge is 0.388 e. The van der Waals surface area contributed by atoms with Gasteiger partial charge in [-0.05, 0) is 6.92 Å². The minimum absolute atomic E-state index is 0.0311. The Kier molecular flexibility index (Phi) is 3.98. The van der Waals surface area contributed by atoms with Gasteiger partial charge < -0.3 is 10.0 Å². The molecule has 0 saturated carbocycles. The molecule has 0 bridgehead atoms. The van der Waals surface area contributed by atoms with Crippen LogP contribution in [0.5, 0.6) is 0 Å². The maximum Gasteiger partial charge on any atom is 0.304 e. The molecule has 1 saturated heterocycles. The van der Waals surface area contributed by atoms with Gasteiger partial charge in [0.1, 0.15) is 0 Å². The van der Waals surface area contributed by atoms with E-state index in [0.717, 1.165) is 0 Å². The second-order valence-electron chi connectivity index (χ2n) is 4.11. The number of aliphatic hydroxyl groups is 1. The maximum atomic E-state index is 11.3. The van der Waals surface area contributed by atoms with E-state index in [1.54, 1.807) is 6.92 Å². The molecule has 8 heteroatoms. The first kappa shape index (κ1) is 13.4. The molecule has 1 N–H and O–H groups in total. The van der Waals surface area contributed by atoms with E-state index in [-0.39, 0.29) is 5.69 Å². The van der Waals surface area contributed by atoms with Crippen LogP contribution >= 0.6 is 11.3 Å². The lowest BCUT2D eigenvalue weighted by Crippen LogP contribution is -2.37. The average Bonchev–Trinajstić information content (AvgIpc) is 2.75. The van der Waals surface area contributed by atoms with E-state index >= 15 is 0 Å². The summed E-state index contributed by atoms with van der Waals surface area (Å²) >= 11 is 1.24. The molecule has 1 atom stereocenters. The molecular formula is C10H14N2O4S2. The van der Waals surface area contributed by atoms with Gasteiger partial charge >= 0.3 is 5.69 Å². The molecule has 0 aromatic carbocycles. The Balaban J connectivity index is 2.30. The van der Waals surface area contributed by atoms with Gasteiger partial charge in [-0.1, -0.05) is 0 Å². The Labute approximate surface area is 111 Å². The van der Waals surface area contributed by atoms with Crippen LogP contribution in [-0.2, 0) is 10.8 Å². The van der Waals surface area contributed by atoms with E-state index in [4.69, 9.17) is 0 Å². The van der Waals surface area contributed by atoms with Crippen molar-refractivity contribution in [1.29, 1.82) is 0 Å². The topological polar surface area (TPSA) is 83.7 Å². The van der Waals surface area contributed by atoms with Crippen molar-refractivity contribution in [1.82, 2.24) is 0 Å². The number of hydrogen-bond acceptors (Lipinski definition) is 6. The minimum atomic E-state index is -0.810. The predicted molar refractivity (Wildman–Crippen MR) is 71.7 cm³/mol. The van der Waals surface area contributed by atoms with Crippen molar-refractivity contribution in [2.45, 2.75) is 13.0 Å². The number of thiophene rings is 1. The summed E-state index contributed by atoms with van der Waals surface area (Å²) in [6.45, 7) is 2.71. The summed E-state index contributed by atoms with van der Waals surface area (Å²) in [6.07, 6.45) is -0.707. The fraction of sp³-hybridized carbons (Fsp3) is 0.600. The summed E-state index contributed by atoms with van der Waals surface area (Å²) in [7, 11) is -0.810. The second kappa shape index (κ2) is 5.33. The smallest absolute Gasteiger partial charge is 0.304 e. The molecule has 1 aromatic heterocycles. The van der Waals surface area contributed by atoms with Crippen molar-refractivity contribution in [3.8, 4) is 0 Å². The Bertz CT molecular complexity index is 476. The van der Waals surface area contributed by atoms with E-state index < -0.39 is 21.8 Å². The third-order valence-corrected chi connectivity index (χ3v) is 5.42. The monoisotopic (exact) mass is 290 g/mol. The lowest BCUT2D eigenvalue weighted by molar-refractivity contribution is -0.383. The quantitative estimate of drug-likeness (QED) is 0.669. The maximum absolute atomic E-state index is 11.3. The van der Waals surface area contributed by atoms with Crippen LogP contribution in [0.15, 0.2) is 6.07 Å². The average molecular weight is 290 g/mol. The number of anilines is 1. The molecule has 2 rings (SSSR count). The van der Waals surface area contributed by atoms with Crippen molar-refractivity contribution >= 4 is 32.8 Å². The summed E-state index contributed by atoms with van der Waals surface area (Å²) in [5.74, 6) is 1.08. The molecule has 2 heterocycles. The normalized spacial score (nSPS) is 18.9. The molecule has 1 aliphatic heterocycles. The highest BCUT2D eigenvalue weighted by molar-refractivity contribution is 7.85. The van der Waals surface area contributed by atoms with Crippen LogP contribution in [0.2, 0.25) is 0 Å². The Hall–Kier alpha value is -0.990. The zero-order valence-corrected chi connectivity index (χ0v) is 11.5. The van der Waals surface area contributed by atoms with Crippen LogP contribution in [0.3, 0.4) is 0 Å². The second-order valence-corrected chi connectivity index (χ2v) is 6.87. The standard InChI is InChI=1S/C10H14N2O4S2/c1-7(13)9-6-8(12(14)15)10(17-9)11-2-4-18(16)5-3-11/h6-7,13H,2-5H2,1H3/t7-/m0/s1. The van der Waals surface area contributed by atoms with Gasteiger partial charge in [0.2, 0.25) is 0 Å². The lowest BCUT2D eigenvalue weighted by Gasteiger charge is -2.26. The fourth-order valence-electron chi connectivity index (χ4n) is 1.79. The minimum Gasteiger partial charge on any atom is -0.388 e. The summed E-state index contributed by atoms with van der Waals surface area (Å²) in [4.78, 5) is 13.1. The van der Waals surface area contributed by atoms with Gasteiger partial charge in [0.25, 0.3) is 0 Å². The van der Waals surface area contributed by atoms with E-state index in [0.29, 0.717) is 34.5 Å². The molecular weight excluding hydrogens is 276 g/mol. The van der Waals surface area contributed by atoms with Gasteiger partial charge in [0.15, 0.2) is 5.00 Å². The highest BCUT2D eigenvalue weighted by Gasteiger charge is 2.27. The fourth-order valence-corrected chi connectivity index (χ4v) is 3.96. The van der Waals surface area contributed by atoms with Crippen molar-refractivity contribution in [3.63, 3.8) is 0 Å². The summed E-state index contributed by atoms with van der Waals surface area (Å²) in [5, 5.41) is 21.1. The van der Waals surface area contributed by atoms with Gasteiger partial charge in [-0.2, -0.15) is 0 Å². The lowest BCUT2D eigenvalue weighted by atomic mass is 10.3. The van der Waals surface area contributed by atoms with Gasteiger partial charge in [0, 0.05) is 46.3 Å². The summed E-state index contributed by atoms with van der Waals surface area (Å²) in [6, 6.07) is 1.43. The predicted octanol–water partition coefficient (Wildman–Crippen LogP) is 1.28. The molecule has 0 radical (unpaired) electrons. The van der Waals surface area contributed by atoms with Gasteiger partial charge in [-0.25, -0.2) is 0 Å². The molecule has 100 valence electrons. The van der Waals surface area contributed by atoms with Gasteiger partial charge in [-0.15, -0.1) is 11.3 Å². The Morgan fingerprint density at radius 3 is 2.67 bits per heavy atom. The number of rotatable bonds is 3. The van der Waals surface area contributed by atoms with E-state index in [1.807, 2.05) is 4.90 Å². The molecule has 1 fully saturated rings. The Morgan fingerprint density at radius 1 is 1.56 bits per heavy atom. The van der Waals surface area contributed by atoms with Crippen molar-refractivity contribution < 1.29 is 14.2 Å². The summed E-state index contributed by atoms with van der Waals surface area (Å²) in [5.41, 5.74) is 0.0311. The molecule has 0 aliphatic carbocycles. The van der Waals surface area contributed by atoms with E-state index in [9.17, 15) is 19.4 Å². The van der Waals surface area contributed by atoms with Crippen molar-refractivity contribution in [2.24, 2.45) is 0 Å². The van der Waals surface area contributed by atoms with Crippen LogP contribution in [0.4, 0.5) is 10.7 Å². The number of nitro groups is 1. The molecule has 1 aromatic rings. The molecule has 1 aliphatic rings. The molecule has 0 spiro atoms. The zero-order chi connectivity index (χ0) is 13.3. The molecule has 6 nitrogen and oxygen atoms in total. The SMILES string of the molecule is C[C@H](O)c1cc([N+](=O)[O-])c(N2CCS(=O)CC2)s1. The molecule has 18 heavy (non-hydrogen) atoms. The van der Waals surface area contributed by atoms with E-state index in [1.165, 1.54) is 17.4 Å². The van der Waals surface area contributed by atoms with Crippen LogP contribution in [-0.4, -0.2) is 38.8 Å². The third-order valence-electron chi connectivity index (χ3n) is 2.79. The van der Waals surface area contributed by atoms with Crippen molar-refractivity contribution in [2.75, 3.05) is 29.5 Å². The summed E-state index contributed by atoms with van der Waals surface area (Å²) < 4.78 is 11.3. The highest BCUT2D eigenvalue weighted by atomic mass is 32.2. The van der Waals surface area contributed by atoms with E-state index in [2.05, 4.69) is 0 Å². The van der Waals surface area contributed by atoms with Crippen LogP contribution < -0.4 is 4.90 Å². The van der Waals surface area contributed by atoms with Crippen molar-refractivity contribution in [3.05, 3.63) is 21.1 Å². The highest BCUT2D eigenvalue weighted by Crippen LogP contribution is 2.40. The first-order chi connectivity index (χ1) is 8.49.